The van der Waals surface area contributed by atoms with Crippen LogP contribution < -0.4 is 0 Å². The Kier molecular flexibility index (Phi) is 4.81. The molecule has 8 atom stereocenters. The zero-order valence-electron chi connectivity index (χ0n) is 18.0. The van der Waals surface area contributed by atoms with Crippen LogP contribution in [0.3, 0.4) is 0 Å². The molecule has 0 heterocycles. The summed E-state index contributed by atoms with van der Waals surface area (Å²) in [5.41, 5.74) is -0.129. The number of rotatable bonds is 3. The van der Waals surface area contributed by atoms with Crippen molar-refractivity contribution in [2.75, 3.05) is 13.2 Å². The van der Waals surface area contributed by atoms with E-state index in [0.717, 1.165) is 37.0 Å². The topological polar surface area (TPSA) is 60.7 Å². The average molecular weight is 379 g/mol. The molecule has 27 heavy (non-hydrogen) atoms. The maximum atomic E-state index is 10.6. The van der Waals surface area contributed by atoms with Crippen molar-refractivity contribution >= 4 is 0 Å². The lowest BCUT2D eigenvalue weighted by Crippen LogP contribution is -2.56. The second-order valence-corrected chi connectivity index (χ2v) is 12.0. The first kappa shape index (κ1) is 20.2. The van der Waals surface area contributed by atoms with E-state index in [1.165, 1.54) is 38.5 Å². The Bertz CT molecular complexity index is 568. The SMILES string of the molecule is CC(CO)(CO)[C@H]1CC[C@H]2[C@@H]3CC[C@H]4C[C@](C)(O)CC[C@]4(C)[C@H]3CC[C@]12C. The van der Waals surface area contributed by atoms with Gasteiger partial charge in [-0.1, -0.05) is 20.8 Å². The van der Waals surface area contributed by atoms with Gasteiger partial charge in [0.25, 0.3) is 0 Å². The van der Waals surface area contributed by atoms with Crippen molar-refractivity contribution in [1.82, 2.24) is 0 Å². The minimum Gasteiger partial charge on any atom is -0.396 e. The van der Waals surface area contributed by atoms with E-state index in [1.54, 1.807) is 0 Å². The Morgan fingerprint density at radius 3 is 2.15 bits per heavy atom. The van der Waals surface area contributed by atoms with Crippen molar-refractivity contribution in [3.8, 4) is 0 Å². The minimum absolute atomic E-state index is 0.0967. The number of aliphatic hydroxyl groups is 3. The molecule has 4 saturated carbocycles. The summed E-state index contributed by atoms with van der Waals surface area (Å²) in [4.78, 5) is 0. The fourth-order valence-electron chi connectivity index (χ4n) is 8.85. The van der Waals surface area contributed by atoms with Gasteiger partial charge in [0.15, 0.2) is 0 Å². The molecule has 3 heteroatoms. The van der Waals surface area contributed by atoms with E-state index >= 15 is 0 Å². The third-order valence-corrected chi connectivity index (χ3v) is 10.5. The molecule has 156 valence electrons. The van der Waals surface area contributed by atoms with Crippen molar-refractivity contribution in [3.63, 3.8) is 0 Å². The molecule has 4 fully saturated rings. The Hall–Kier alpha value is -0.120. The number of hydrogen-bond acceptors (Lipinski definition) is 3. The largest absolute Gasteiger partial charge is 0.396 e. The third-order valence-electron chi connectivity index (χ3n) is 10.5. The smallest absolute Gasteiger partial charge is 0.0622 e. The van der Waals surface area contributed by atoms with Gasteiger partial charge in [0.2, 0.25) is 0 Å². The zero-order chi connectivity index (χ0) is 19.7. The van der Waals surface area contributed by atoms with Gasteiger partial charge in [0.1, 0.15) is 0 Å². The monoisotopic (exact) mass is 378 g/mol. The van der Waals surface area contributed by atoms with Crippen molar-refractivity contribution in [1.29, 1.82) is 0 Å². The van der Waals surface area contributed by atoms with Gasteiger partial charge in [-0.25, -0.2) is 0 Å². The summed E-state index contributed by atoms with van der Waals surface area (Å²) < 4.78 is 0. The summed E-state index contributed by atoms with van der Waals surface area (Å²) in [7, 11) is 0. The molecule has 3 nitrogen and oxygen atoms in total. The molecule has 0 aromatic carbocycles. The highest BCUT2D eigenvalue weighted by molar-refractivity contribution is 5.12. The van der Waals surface area contributed by atoms with Crippen molar-refractivity contribution < 1.29 is 15.3 Å². The molecule has 0 amide bonds. The van der Waals surface area contributed by atoms with E-state index < -0.39 is 5.60 Å². The Morgan fingerprint density at radius 2 is 1.48 bits per heavy atom. The lowest BCUT2D eigenvalue weighted by atomic mass is 9.43. The summed E-state index contributed by atoms with van der Waals surface area (Å²) >= 11 is 0. The molecule has 0 spiro atoms. The molecular weight excluding hydrogens is 336 g/mol. The highest BCUT2D eigenvalue weighted by atomic mass is 16.3. The molecule has 4 rings (SSSR count). The van der Waals surface area contributed by atoms with Crippen LogP contribution in [0.5, 0.6) is 0 Å². The van der Waals surface area contributed by atoms with Gasteiger partial charge in [0.05, 0.1) is 18.8 Å². The van der Waals surface area contributed by atoms with Crippen LogP contribution in [0.25, 0.3) is 0 Å². The Morgan fingerprint density at radius 1 is 0.815 bits per heavy atom. The van der Waals surface area contributed by atoms with E-state index in [4.69, 9.17) is 0 Å². The molecule has 4 aliphatic carbocycles. The standard InChI is InChI=1S/C24H42O3/c1-21(14-25,15-26)20-8-7-18-17-6-5-16-13-22(2,27)11-12-23(16,3)19(17)9-10-24(18,20)4/h16-20,25-27H,5-15H2,1-4H3/t16-,17-,18-,19-,20+,22+,23-,24-/m0/s1. The van der Waals surface area contributed by atoms with E-state index in [1.807, 2.05) is 6.92 Å². The van der Waals surface area contributed by atoms with Crippen LogP contribution in [0.2, 0.25) is 0 Å². The van der Waals surface area contributed by atoms with Crippen molar-refractivity contribution in [2.24, 2.45) is 45.8 Å². The normalized spacial score (nSPS) is 52.8. The van der Waals surface area contributed by atoms with Crippen LogP contribution >= 0.6 is 0 Å². The molecular formula is C24H42O3. The number of hydrogen-bond donors (Lipinski definition) is 3. The summed E-state index contributed by atoms with van der Waals surface area (Å²) in [5.74, 6) is 3.48. The Balaban J connectivity index is 1.60. The molecule has 0 unspecified atom stereocenters. The van der Waals surface area contributed by atoms with Crippen LogP contribution in [0.4, 0.5) is 0 Å². The van der Waals surface area contributed by atoms with Crippen molar-refractivity contribution in [2.45, 2.75) is 91.1 Å². The van der Waals surface area contributed by atoms with Gasteiger partial charge < -0.3 is 15.3 Å². The molecule has 0 saturated heterocycles. The molecule has 0 radical (unpaired) electrons. The second-order valence-electron chi connectivity index (χ2n) is 12.0. The first-order chi connectivity index (χ1) is 12.6. The molecule has 0 aromatic rings. The highest BCUT2D eigenvalue weighted by Gasteiger charge is 2.62. The molecule has 3 N–H and O–H groups in total. The van der Waals surface area contributed by atoms with Gasteiger partial charge in [-0.05, 0) is 105 Å². The predicted octanol–water partition coefficient (Wildman–Crippen LogP) is 4.39. The fraction of sp³-hybridized carbons (Fsp3) is 1.00. The highest BCUT2D eigenvalue weighted by Crippen LogP contribution is 2.69. The van der Waals surface area contributed by atoms with Gasteiger partial charge in [-0.15, -0.1) is 0 Å². The molecule has 0 bridgehead atoms. The van der Waals surface area contributed by atoms with Crippen LogP contribution in [0.15, 0.2) is 0 Å². The van der Waals surface area contributed by atoms with E-state index in [2.05, 4.69) is 20.8 Å². The summed E-state index contributed by atoms with van der Waals surface area (Å²) in [6.45, 7) is 9.36. The zero-order valence-corrected chi connectivity index (χ0v) is 18.0. The second kappa shape index (κ2) is 6.44. The summed E-state index contributed by atoms with van der Waals surface area (Å²) in [6, 6.07) is 0. The van der Waals surface area contributed by atoms with Crippen LogP contribution in [0.1, 0.15) is 85.5 Å². The summed E-state index contributed by atoms with van der Waals surface area (Å²) in [6.07, 6.45) is 10.7. The van der Waals surface area contributed by atoms with Crippen molar-refractivity contribution in [3.05, 3.63) is 0 Å². The fourth-order valence-corrected chi connectivity index (χ4v) is 8.85. The van der Waals surface area contributed by atoms with Crippen LogP contribution in [0, 0.1) is 45.8 Å². The third kappa shape index (κ3) is 2.86. The van der Waals surface area contributed by atoms with E-state index in [-0.39, 0.29) is 24.0 Å². The average Bonchev–Trinajstić information content (AvgIpc) is 2.99. The van der Waals surface area contributed by atoms with Gasteiger partial charge in [-0.2, -0.15) is 0 Å². The van der Waals surface area contributed by atoms with Crippen LogP contribution in [-0.4, -0.2) is 34.1 Å². The first-order valence-corrected chi connectivity index (χ1v) is 11.5. The van der Waals surface area contributed by atoms with E-state index in [9.17, 15) is 15.3 Å². The maximum Gasteiger partial charge on any atom is 0.0622 e. The van der Waals surface area contributed by atoms with Gasteiger partial charge in [0, 0.05) is 5.41 Å². The lowest BCUT2D eigenvalue weighted by molar-refractivity contribution is -0.154. The maximum absolute atomic E-state index is 10.6. The molecule has 0 aliphatic heterocycles. The van der Waals surface area contributed by atoms with Gasteiger partial charge in [-0.3, -0.25) is 0 Å². The first-order valence-electron chi connectivity index (χ1n) is 11.5. The Labute approximate surface area is 165 Å². The molecule has 0 aromatic heterocycles. The van der Waals surface area contributed by atoms with Crippen LogP contribution in [-0.2, 0) is 0 Å². The molecule has 4 aliphatic rings. The summed E-state index contributed by atoms with van der Waals surface area (Å²) in [5, 5.41) is 30.7. The lowest BCUT2D eigenvalue weighted by Gasteiger charge is -2.62. The minimum atomic E-state index is -0.456. The van der Waals surface area contributed by atoms with Gasteiger partial charge >= 0.3 is 0 Å². The number of fused-ring (bicyclic) bond motifs is 5. The number of aliphatic hydroxyl groups excluding tert-OH is 2. The quantitative estimate of drug-likeness (QED) is 0.683. The van der Waals surface area contributed by atoms with E-state index in [0.29, 0.717) is 17.3 Å². The predicted molar refractivity (Wildman–Crippen MR) is 108 cm³/mol.